The predicted molar refractivity (Wildman–Crippen MR) is 101 cm³/mol. The fourth-order valence-corrected chi connectivity index (χ4v) is 3.62. The van der Waals surface area contributed by atoms with E-state index in [1.165, 1.54) is 13.2 Å². The van der Waals surface area contributed by atoms with Crippen LogP contribution in [0.1, 0.15) is 35.3 Å². The smallest absolute Gasteiger partial charge is 0.340 e. The lowest BCUT2D eigenvalue weighted by atomic mass is 10.00. The van der Waals surface area contributed by atoms with Crippen LogP contribution in [0, 0.1) is 6.92 Å². The normalized spacial score (nSPS) is 19.6. The van der Waals surface area contributed by atoms with Crippen LogP contribution >= 0.6 is 0 Å². The zero-order valence-corrected chi connectivity index (χ0v) is 16.3. The van der Waals surface area contributed by atoms with Gasteiger partial charge in [-0.2, -0.15) is 0 Å². The molecule has 2 aromatic rings. The first-order valence-electron chi connectivity index (χ1n) is 9.01. The Balaban J connectivity index is 2.05. The molecule has 0 unspecified atom stereocenters. The fraction of sp³-hybridized carbons (Fsp3) is 0.450. The van der Waals surface area contributed by atoms with Gasteiger partial charge in [0, 0.05) is 18.5 Å². The zero-order valence-electron chi connectivity index (χ0n) is 16.3. The summed E-state index contributed by atoms with van der Waals surface area (Å²) in [5.41, 5.74) is -0.173. The number of rotatable bonds is 4. The number of methoxy groups -OCH3 is 1. The van der Waals surface area contributed by atoms with Gasteiger partial charge in [0.15, 0.2) is 23.4 Å². The number of hydrogen-bond acceptors (Lipinski definition) is 7. The number of aryl methyl sites for hydroxylation is 1. The van der Waals surface area contributed by atoms with Gasteiger partial charge < -0.3 is 23.9 Å². The van der Waals surface area contributed by atoms with Gasteiger partial charge in [-0.25, -0.2) is 4.79 Å². The van der Waals surface area contributed by atoms with Gasteiger partial charge in [-0.1, -0.05) is 0 Å². The van der Waals surface area contributed by atoms with Crippen molar-refractivity contribution in [3.8, 4) is 11.5 Å². The molecule has 8 nitrogen and oxygen atoms in total. The van der Waals surface area contributed by atoms with Gasteiger partial charge in [-0.15, -0.1) is 0 Å². The molecule has 1 saturated heterocycles. The monoisotopic (exact) mass is 389 g/mol. The van der Waals surface area contributed by atoms with E-state index in [1.54, 1.807) is 11.8 Å². The number of carbonyl (C=O) groups is 2. The Morgan fingerprint density at radius 3 is 2.57 bits per heavy atom. The van der Waals surface area contributed by atoms with E-state index in [4.69, 9.17) is 13.9 Å². The molecule has 8 heteroatoms. The maximum atomic E-state index is 12.8. The number of fused-ring (bicyclic) bond motifs is 1. The van der Waals surface area contributed by atoms with E-state index in [0.717, 1.165) is 0 Å². The third-order valence-electron chi connectivity index (χ3n) is 4.99. The maximum absolute atomic E-state index is 12.8. The number of ether oxygens (including phenoxy) is 2. The van der Waals surface area contributed by atoms with Crippen LogP contribution in [0.15, 0.2) is 15.3 Å². The Morgan fingerprint density at radius 1 is 1.36 bits per heavy atom. The van der Waals surface area contributed by atoms with Crippen molar-refractivity contribution in [3.63, 3.8) is 0 Å². The maximum Gasteiger partial charge on any atom is 0.340 e. The summed E-state index contributed by atoms with van der Waals surface area (Å²) in [6.45, 7) is 6.38. The Morgan fingerprint density at radius 2 is 2.00 bits per heavy atom. The highest BCUT2D eigenvalue weighted by atomic mass is 16.5. The Labute approximate surface area is 161 Å². The van der Waals surface area contributed by atoms with Crippen LogP contribution in [0.25, 0.3) is 11.0 Å². The molecule has 0 spiro atoms. The quantitative estimate of drug-likeness (QED) is 0.628. The number of benzene rings is 1. The molecule has 1 N–H and O–H groups in total. The lowest BCUT2D eigenvalue weighted by molar-refractivity contribution is -0.142. The number of nitrogens with zero attached hydrogens (tertiary/aromatic N) is 1. The number of hydrogen-bond donors (Lipinski definition) is 1. The standard InChI is InChI=1S/C20H23NO7/c1-10-7-21(8-11(2)27-10)17(23)6-14-12(3)13-5-16(26-4)18(24)15(9-22)19(13)28-20(14)25/h5,9-11,24H,6-8H2,1-4H3/t10-,11+. The minimum Gasteiger partial charge on any atom is -0.504 e. The van der Waals surface area contributed by atoms with Crippen molar-refractivity contribution in [2.75, 3.05) is 20.2 Å². The number of phenols is 1. The van der Waals surface area contributed by atoms with Crippen molar-refractivity contribution >= 4 is 23.2 Å². The minimum absolute atomic E-state index is 0.0272. The second kappa shape index (κ2) is 7.63. The molecule has 150 valence electrons. The molecular weight excluding hydrogens is 366 g/mol. The van der Waals surface area contributed by atoms with Crippen molar-refractivity contribution in [1.29, 1.82) is 0 Å². The van der Waals surface area contributed by atoms with Crippen LogP contribution in [0.2, 0.25) is 0 Å². The van der Waals surface area contributed by atoms with Crippen LogP contribution in [0.4, 0.5) is 0 Å². The van der Waals surface area contributed by atoms with Crippen molar-refractivity contribution in [3.05, 3.63) is 33.2 Å². The number of amides is 1. The van der Waals surface area contributed by atoms with Gasteiger partial charge in [0.25, 0.3) is 0 Å². The van der Waals surface area contributed by atoms with E-state index >= 15 is 0 Å². The third-order valence-corrected chi connectivity index (χ3v) is 4.99. The van der Waals surface area contributed by atoms with Crippen molar-refractivity contribution in [2.24, 2.45) is 0 Å². The SMILES string of the molecule is COc1cc2c(C)c(CC(=O)N3C[C@@H](C)O[C@@H](C)C3)c(=O)oc2c(C=O)c1O. The molecule has 2 atom stereocenters. The van der Waals surface area contributed by atoms with Gasteiger partial charge in [0.05, 0.1) is 31.3 Å². The number of phenolic OH excluding ortho intramolecular Hbond substituents is 1. The van der Waals surface area contributed by atoms with E-state index in [9.17, 15) is 19.5 Å². The van der Waals surface area contributed by atoms with E-state index in [2.05, 4.69) is 0 Å². The molecule has 1 aliphatic rings. The number of carbonyl (C=O) groups excluding carboxylic acids is 2. The number of aromatic hydroxyl groups is 1. The third kappa shape index (κ3) is 3.47. The first kappa shape index (κ1) is 19.9. The van der Waals surface area contributed by atoms with Crippen LogP contribution in [0.5, 0.6) is 11.5 Å². The van der Waals surface area contributed by atoms with Crippen molar-refractivity contribution < 1.29 is 28.6 Å². The zero-order chi connectivity index (χ0) is 20.6. The summed E-state index contributed by atoms with van der Waals surface area (Å²) < 4.78 is 16.1. The molecule has 0 bridgehead atoms. The van der Waals surface area contributed by atoms with Crippen molar-refractivity contribution in [1.82, 2.24) is 4.90 Å². The van der Waals surface area contributed by atoms with E-state index in [1.807, 2.05) is 13.8 Å². The molecule has 1 amide bonds. The highest BCUT2D eigenvalue weighted by molar-refractivity contribution is 6.00. The molecule has 1 aromatic carbocycles. The Hall–Kier alpha value is -2.87. The lowest BCUT2D eigenvalue weighted by Crippen LogP contribution is -2.49. The molecule has 1 aromatic heterocycles. The summed E-state index contributed by atoms with van der Waals surface area (Å²) in [6, 6.07) is 1.49. The average molecular weight is 389 g/mol. The van der Waals surface area contributed by atoms with Crippen LogP contribution in [0.3, 0.4) is 0 Å². The first-order valence-corrected chi connectivity index (χ1v) is 9.01. The highest BCUT2D eigenvalue weighted by Crippen LogP contribution is 2.36. The summed E-state index contributed by atoms with van der Waals surface area (Å²) in [6.07, 6.45) is 0.126. The summed E-state index contributed by atoms with van der Waals surface area (Å²) in [4.78, 5) is 38.4. The molecule has 3 rings (SSSR count). The number of morpholine rings is 1. The predicted octanol–water partition coefficient (Wildman–Crippen LogP) is 1.81. The van der Waals surface area contributed by atoms with E-state index in [-0.39, 0.29) is 47.0 Å². The highest BCUT2D eigenvalue weighted by Gasteiger charge is 2.28. The van der Waals surface area contributed by atoms with Crippen LogP contribution < -0.4 is 10.4 Å². The van der Waals surface area contributed by atoms with E-state index < -0.39 is 11.4 Å². The molecule has 1 aliphatic heterocycles. The molecular formula is C20H23NO7. The van der Waals surface area contributed by atoms with E-state index in [0.29, 0.717) is 30.3 Å². The summed E-state index contributed by atoms with van der Waals surface area (Å²) in [5.74, 6) is -0.509. The van der Waals surface area contributed by atoms with Gasteiger partial charge in [-0.05, 0) is 32.4 Å². The summed E-state index contributed by atoms with van der Waals surface area (Å²) in [7, 11) is 1.36. The molecule has 28 heavy (non-hydrogen) atoms. The lowest BCUT2D eigenvalue weighted by Gasteiger charge is -2.35. The molecule has 0 aliphatic carbocycles. The van der Waals surface area contributed by atoms with Gasteiger partial charge in [0.2, 0.25) is 5.91 Å². The van der Waals surface area contributed by atoms with Gasteiger partial charge >= 0.3 is 5.63 Å². The minimum atomic E-state index is -0.708. The molecule has 0 radical (unpaired) electrons. The molecule has 2 heterocycles. The Kier molecular flexibility index (Phi) is 5.42. The first-order chi connectivity index (χ1) is 13.3. The van der Waals surface area contributed by atoms with Crippen molar-refractivity contribution in [2.45, 2.75) is 39.4 Å². The fourth-order valence-electron chi connectivity index (χ4n) is 3.62. The molecule has 0 saturated carbocycles. The second-order valence-corrected chi connectivity index (χ2v) is 7.06. The molecule has 1 fully saturated rings. The topological polar surface area (TPSA) is 106 Å². The largest absolute Gasteiger partial charge is 0.504 e. The summed E-state index contributed by atoms with van der Waals surface area (Å²) >= 11 is 0. The van der Waals surface area contributed by atoms with Crippen LogP contribution in [-0.2, 0) is 16.0 Å². The number of aldehydes is 1. The average Bonchev–Trinajstić information content (AvgIpc) is 2.64. The Bertz CT molecular complexity index is 984. The second-order valence-electron chi connectivity index (χ2n) is 7.06. The van der Waals surface area contributed by atoms with Gasteiger partial charge in [-0.3, -0.25) is 9.59 Å². The summed E-state index contributed by atoms with van der Waals surface area (Å²) in [5, 5.41) is 10.5. The van der Waals surface area contributed by atoms with Gasteiger partial charge in [0.1, 0.15) is 5.56 Å². The van der Waals surface area contributed by atoms with Crippen LogP contribution in [-0.4, -0.2) is 54.6 Å².